The molecule has 2 aliphatic heterocycles. The fourth-order valence-electron chi connectivity index (χ4n) is 3.65. The number of piperidine rings is 1. The molecule has 7 heteroatoms. The first-order valence-corrected chi connectivity index (χ1v) is 8.96. The van der Waals surface area contributed by atoms with Crippen LogP contribution in [0.1, 0.15) is 26.2 Å². The van der Waals surface area contributed by atoms with Crippen molar-refractivity contribution in [3.05, 3.63) is 24.3 Å². The van der Waals surface area contributed by atoms with Crippen LogP contribution in [0.2, 0.25) is 0 Å². The number of nitrogens with zero attached hydrogens (tertiary/aromatic N) is 2. The second-order valence-corrected chi connectivity index (χ2v) is 6.57. The number of likely N-dealkylation sites (tertiary alicyclic amines) is 1. The number of amides is 2. The lowest BCUT2D eigenvalue weighted by molar-refractivity contribution is -0.150. The van der Waals surface area contributed by atoms with Gasteiger partial charge in [-0.3, -0.25) is 19.3 Å². The summed E-state index contributed by atoms with van der Waals surface area (Å²) in [5, 5.41) is 0. The maximum Gasteiger partial charge on any atom is 0.310 e. The van der Waals surface area contributed by atoms with Gasteiger partial charge in [0.15, 0.2) is 0 Å². The Kier molecular flexibility index (Phi) is 5.56. The van der Waals surface area contributed by atoms with Gasteiger partial charge < -0.3 is 9.47 Å². The van der Waals surface area contributed by atoms with Crippen molar-refractivity contribution in [3.63, 3.8) is 0 Å². The molecule has 2 saturated heterocycles. The minimum atomic E-state index is -0.512. The van der Waals surface area contributed by atoms with Crippen LogP contribution in [0.3, 0.4) is 0 Å². The number of ether oxygens (including phenoxy) is 2. The molecular weight excluding hydrogens is 336 g/mol. The van der Waals surface area contributed by atoms with E-state index in [2.05, 4.69) is 0 Å². The molecular formula is C19H24N2O5. The van der Waals surface area contributed by atoms with Gasteiger partial charge in [-0.1, -0.05) is 0 Å². The van der Waals surface area contributed by atoms with Crippen molar-refractivity contribution >= 4 is 23.5 Å². The first-order chi connectivity index (χ1) is 12.5. The summed E-state index contributed by atoms with van der Waals surface area (Å²) in [7, 11) is 1.56. The average Bonchev–Trinajstić information content (AvgIpc) is 2.96. The van der Waals surface area contributed by atoms with E-state index in [0.29, 0.717) is 31.1 Å². The third-order valence-corrected chi connectivity index (χ3v) is 4.97. The number of anilines is 1. The number of benzene rings is 1. The molecule has 0 N–H and O–H groups in total. The fraction of sp³-hybridized carbons (Fsp3) is 0.526. The van der Waals surface area contributed by atoms with Crippen molar-refractivity contribution in [1.82, 2.24) is 4.90 Å². The van der Waals surface area contributed by atoms with Gasteiger partial charge in [-0.25, -0.2) is 4.90 Å². The predicted molar refractivity (Wildman–Crippen MR) is 94.8 cm³/mol. The largest absolute Gasteiger partial charge is 0.497 e. The van der Waals surface area contributed by atoms with E-state index in [1.165, 1.54) is 4.90 Å². The van der Waals surface area contributed by atoms with Crippen molar-refractivity contribution in [2.75, 3.05) is 31.7 Å². The normalized spacial score (nSPS) is 24.0. The van der Waals surface area contributed by atoms with E-state index in [4.69, 9.17) is 9.47 Å². The third-order valence-electron chi connectivity index (χ3n) is 4.97. The number of esters is 1. The van der Waals surface area contributed by atoms with Gasteiger partial charge >= 0.3 is 5.97 Å². The van der Waals surface area contributed by atoms with Crippen molar-refractivity contribution in [2.24, 2.45) is 5.92 Å². The maximum atomic E-state index is 12.9. The fourth-order valence-corrected chi connectivity index (χ4v) is 3.65. The lowest BCUT2D eigenvalue weighted by Gasteiger charge is -2.34. The van der Waals surface area contributed by atoms with Crippen LogP contribution in [-0.4, -0.2) is 55.5 Å². The Morgan fingerprint density at radius 3 is 2.62 bits per heavy atom. The Labute approximate surface area is 152 Å². The van der Waals surface area contributed by atoms with Crippen LogP contribution < -0.4 is 9.64 Å². The second kappa shape index (κ2) is 7.86. The molecule has 0 saturated carbocycles. The zero-order chi connectivity index (χ0) is 18.7. The van der Waals surface area contributed by atoms with Crippen LogP contribution in [-0.2, 0) is 19.1 Å². The van der Waals surface area contributed by atoms with Crippen LogP contribution in [0, 0.1) is 5.92 Å². The predicted octanol–water partition coefficient (Wildman–Crippen LogP) is 1.60. The summed E-state index contributed by atoms with van der Waals surface area (Å²) in [4.78, 5) is 40.6. The van der Waals surface area contributed by atoms with Crippen molar-refractivity contribution in [2.45, 2.75) is 32.2 Å². The third kappa shape index (κ3) is 3.58. The van der Waals surface area contributed by atoms with Crippen molar-refractivity contribution < 1.29 is 23.9 Å². The molecule has 2 heterocycles. The van der Waals surface area contributed by atoms with E-state index >= 15 is 0 Å². The monoisotopic (exact) mass is 360 g/mol. The summed E-state index contributed by atoms with van der Waals surface area (Å²) < 4.78 is 10.2. The minimum Gasteiger partial charge on any atom is -0.497 e. The Bertz CT molecular complexity index is 688. The van der Waals surface area contributed by atoms with Gasteiger partial charge in [0.25, 0.3) is 5.91 Å². The number of methoxy groups -OCH3 is 1. The van der Waals surface area contributed by atoms with E-state index in [9.17, 15) is 14.4 Å². The molecule has 2 amide bonds. The minimum absolute atomic E-state index is 0.139. The molecule has 1 aromatic rings. The first kappa shape index (κ1) is 18.4. The van der Waals surface area contributed by atoms with E-state index in [1.54, 1.807) is 38.3 Å². The zero-order valence-corrected chi connectivity index (χ0v) is 15.1. The number of rotatable bonds is 5. The molecule has 1 aromatic carbocycles. The van der Waals surface area contributed by atoms with E-state index in [-0.39, 0.29) is 30.1 Å². The van der Waals surface area contributed by atoms with Crippen LogP contribution in [0.5, 0.6) is 5.75 Å². The Morgan fingerprint density at radius 2 is 1.96 bits per heavy atom. The van der Waals surface area contributed by atoms with Crippen LogP contribution in [0.15, 0.2) is 24.3 Å². The highest BCUT2D eigenvalue weighted by Crippen LogP contribution is 2.29. The topological polar surface area (TPSA) is 76.2 Å². The summed E-state index contributed by atoms with van der Waals surface area (Å²) in [5.74, 6) is -0.242. The Hall–Kier alpha value is -2.41. The lowest BCUT2D eigenvalue weighted by Crippen LogP contribution is -2.48. The highest BCUT2D eigenvalue weighted by molar-refractivity contribution is 6.22. The number of hydrogen-bond acceptors (Lipinski definition) is 6. The molecule has 0 spiro atoms. The molecule has 2 fully saturated rings. The summed E-state index contributed by atoms with van der Waals surface area (Å²) in [6, 6.07) is 6.34. The number of imide groups is 1. The highest BCUT2D eigenvalue weighted by atomic mass is 16.5. The zero-order valence-electron chi connectivity index (χ0n) is 15.1. The molecule has 0 aromatic heterocycles. The van der Waals surface area contributed by atoms with Crippen molar-refractivity contribution in [3.8, 4) is 5.75 Å². The van der Waals surface area contributed by atoms with Crippen LogP contribution in [0.4, 0.5) is 5.69 Å². The molecule has 26 heavy (non-hydrogen) atoms. The molecule has 0 radical (unpaired) electrons. The highest BCUT2D eigenvalue weighted by Gasteiger charge is 2.44. The van der Waals surface area contributed by atoms with Gasteiger partial charge in [0.2, 0.25) is 5.91 Å². The van der Waals surface area contributed by atoms with E-state index < -0.39 is 6.04 Å². The standard InChI is InChI=1S/C19H24N2O5/c1-3-26-19(24)13-5-4-10-20(12-13)16-11-17(22)21(18(16)23)14-6-8-15(25-2)9-7-14/h6-9,13,16H,3-5,10-12H2,1-2H3/t13-,16-/m0/s1. The number of carbonyl (C=O) groups excluding carboxylic acids is 3. The van der Waals surface area contributed by atoms with Gasteiger partial charge in [0.05, 0.1) is 37.8 Å². The molecule has 3 rings (SSSR count). The maximum absolute atomic E-state index is 12.9. The number of carbonyl (C=O) groups is 3. The van der Waals surface area contributed by atoms with Gasteiger partial charge in [0.1, 0.15) is 5.75 Å². The summed E-state index contributed by atoms with van der Waals surface area (Å²) in [6.07, 6.45) is 1.71. The molecule has 2 aliphatic rings. The number of hydrogen-bond donors (Lipinski definition) is 0. The quantitative estimate of drug-likeness (QED) is 0.586. The smallest absolute Gasteiger partial charge is 0.310 e. The van der Waals surface area contributed by atoms with Gasteiger partial charge in [-0.15, -0.1) is 0 Å². The van der Waals surface area contributed by atoms with Crippen LogP contribution in [0.25, 0.3) is 0 Å². The average molecular weight is 360 g/mol. The van der Waals surface area contributed by atoms with Gasteiger partial charge in [-0.2, -0.15) is 0 Å². The molecule has 2 atom stereocenters. The molecule has 0 aliphatic carbocycles. The first-order valence-electron chi connectivity index (χ1n) is 8.96. The lowest BCUT2D eigenvalue weighted by atomic mass is 9.96. The Morgan fingerprint density at radius 1 is 1.23 bits per heavy atom. The molecule has 7 nitrogen and oxygen atoms in total. The summed E-state index contributed by atoms with van der Waals surface area (Å²) >= 11 is 0. The Balaban J connectivity index is 1.72. The van der Waals surface area contributed by atoms with E-state index in [0.717, 1.165) is 12.8 Å². The van der Waals surface area contributed by atoms with Gasteiger partial charge in [0, 0.05) is 6.54 Å². The molecule has 0 bridgehead atoms. The van der Waals surface area contributed by atoms with Crippen molar-refractivity contribution in [1.29, 1.82) is 0 Å². The molecule has 140 valence electrons. The summed E-state index contributed by atoms with van der Waals surface area (Å²) in [5.41, 5.74) is 0.544. The molecule has 0 unspecified atom stereocenters. The van der Waals surface area contributed by atoms with E-state index in [1.807, 2.05) is 4.90 Å². The van der Waals surface area contributed by atoms with Crippen LogP contribution >= 0.6 is 0 Å². The summed E-state index contributed by atoms with van der Waals surface area (Å²) in [6.45, 7) is 3.29. The SMILES string of the molecule is CCOC(=O)[C@H]1CCCN([C@H]2CC(=O)N(c3ccc(OC)cc3)C2=O)C1. The van der Waals surface area contributed by atoms with Gasteiger partial charge in [-0.05, 0) is 50.6 Å². The second-order valence-electron chi connectivity index (χ2n) is 6.57.